The molecular weight excluding hydrogens is 282 g/mol. The summed E-state index contributed by atoms with van der Waals surface area (Å²) in [6.07, 6.45) is 5.28. The number of rotatable bonds is 4. The van der Waals surface area contributed by atoms with Crippen LogP contribution in [-0.2, 0) is 6.54 Å². The van der Waals surface area contributed by atoms with Gasteiger partial charge in [-0.05, 0) is 36.0 Å². The lowest BCUT2D eigenvalue weighted by Crippen LogP contribution is -2.23. The quantitative estimate of drug-likeness (QED) is 0.934. The second-order valence-corrected chi connectivity index (χ2v) is 4.38. The number of nitrogens with zero attached hydrogens (tertiary/aromatic N) is 4. The average Bonchev–Trinajstić information content (AvgIpc) is 2.74. The summed E-state index contributed by atoms with van der Waals surface area (Å²) in [4.78, 5) is 8.57. The standard InChI is InChI=1S/C11H14BrN5/c1-3-17-10(8(12)7-16-17)9(13-2)11-14-5-4-6-15-11/h4-7,9,13H,3H2,1-2H3. The smallest absolute Gasteiger partial charge is 0.151 e. The normalized spacial score (nSPS) is 12.6. The fourth-order valence-electron chi connectivity index (χ4n) is 1.76. The van der Waals surface area contributed by atoms with Crippen LogP contribution in [0, 0.1) is 0 Å². The van der Waals surface area contributed by atoms with Crippen LogP contribution in [0.25, 0.3) is 0 Å². The first-order valence-electron chi connectivity index (χ1n) is 5.43. The number of aryl methyl sites for hydroxylation is 1. The predicted molar refractivity (Wildman–Crippen MR) is 68.5 cm³/mol. The summed E-state index contributed by atoms with van der Waals surface area (Å²) in [7, 11) is 1.89. The van der Waals surface area contributed by atoms with Gasteiger partial charge in [-0.2, -0.15) is 5.10 Å². The van der Waals surface area contributed by atoms with Gasteiger partial charge in [-0.1, -0.05) is 0 Å². The molecule has 6 heteroatoms. The van der Waals surface area contributed by atoms with Crippen LogP contribution in [0.3, 0.4) is 0 Å². The highest BCUT2D eigenvalue weighted by Gasteiger charge is 2.21. The Bertz CT molecular complexity index is 482. The molecule has 0 fully saturated rings. The lowest BCUT2D eigenvalue weighted by molar-refractivity contribution is 0.544. The zero-order valence-electron chi connectivity index (χ0n) is 9.76. The van der Waals surface area contributed by atoms with E-state index in [2.05, 4.69) is 43.2 Å². The number of aromatic nitrogens is 4. The zero-order valence-corrected chi connectivity index (χ0v) is 11.3. The largest absolute Gasteiger partial charge is 0.305 e. The maximum Gasteiger partial charge on any atom is 0.151 e. The van der Waals surface area contributed by atoms with Crippen LogP contribution < -0.4 is 5.32 Å². The van der Waals surface area contributed by atoms with Crippen molar-refractivity contribution in [2.75, 3.05) is 7.05 Å². The maximum atomic E-state index is 4.30. The van der Waals surface area contributed by atoms with E-state index in [0.717, 1.165) is 22.5 Å². The Labute approximate surface area is 108 Å². The van der Waals surface area contributed by atoms with Crippen LogP contribution >= 0.6 is 15.9 Å². The molecule has 0 radical (unpaired) electrons. The summed E-state index contributed by atoms with van der Waals surface area (Å²) < 4.78 is 2.90. The molecule has 17 heavy (non-hydrogen) atoms. The van der Waals surface area contributed by atoms with E-state index >= 15 is 0 Å². The molecule has 2 rings (SSSR count). The summed E-state index contributed by atoms with van der Waals surface area (Å²) in [5.74, 6) is 0.742. The fourth-order valence-corrected chi connectivity index (χ4v) is 2.28. The summed E-state index contributed by atoms with van der Waals surface area (Å²) in [6, 6.07) is 1.75. The van der Waals surface area contributed by atoms with Crippen molar-refractivity contribution in [3.8, 4) is 0 Å². The molecule has 5 nitrogen and oxygen atoms in total. The third-order valence-electron chi connectivity index (χ3n) is 2.54. The third kappa shape index (κ3) is 2.37. The van der Waals surface area contributed by atoms with Crippen molar-refractivity contribution in [3.05, 3.63) is 40.6 Å². The van der Waals surface area contributed by atoms with E-state index in [1.807, 2.05) is 17.8 Å². The van der Waals surface area contributed by atoms with Crippen LogP contribution in [0.5, 0.6) is 0 Å². The molecule has 90 valence electrons. The molecule has 0 aromatic carbocycles. The number of halogens is 1. The van der Waals surface area contributed by atoms with Gasteiger partial charge in [-0.15, -0.1) is 0 Å². The highest BCUT2D eigenvalue weighted by atomic mass is 79.9. The maximum absolute atomic E-state index is 4.30. The number of nitrogens with one attached hydrogen (secondary N) is 1. The second-order valence-electron chi connectivity index (χ2n) is 3.52. The van der Waals surface area contributed by atoms with Gasteiger partial charge >= 0.3 is 0 Å². The van der Waals surface area contributed by atoms with Gasteiger partial charge in [-0.25, -0.2) is 9.97 Å². The Morgan fingerprint density at radius 1 is 1.41 bits per heavy atom. The van der Waals surface area contributed by atoms with Gasteiger partial charge in [0.05, 0.1) is 16.4 Å². The minimum Gasteiger partial charge on any atom is -0.305 e. The summed E-state index contributed by atoms with van der Waals surface area (Å²) >= 11 is 3.52. The summed E-state index contributed by atoms with van der Waals surface area (Å²) in [6.45, 7) is 2.87. The van der Waals surface area contributed by atoms with E-state index in [1.54, 1.807) is 18.6 Å². The Kier molecular flexibility index (Phi) is 3.86. The molecule has 0 bridgehead atoms. The molecule has 2 heterocycles. The molecule has 0 aliphatic heterocycles. The molecule has 0 saturated heterocycles. The number of hydrogen-bond donors (Lipinski definition) is 1. The zero-order chi connectivity index (χ0) is 12.3. The minimum absolute atomic E-state index is 0.0620. The third-order valence-corrected chi connectivity index (χ3v) is 3.15. The van der Waals surface area contributed by atoms with Crippen LogP contribution in [0.2, 0.25) is 0 Å². The lowest BCUT2D eigenvalue weighted by Gasteiger charge is -2.16. The molecule has 1 N–H and O–H groups in total. The molecule has 0 aliphatic carbocycles. The van der Waals surface area contributed by atoms with Gasteiger partial charge in [0.15, 0.2) is 5.82 Å². The molecule has 1 atom stereocenters. The predicted octanol–water partition coefficient (Wildman–Crippen LogP) is 1.76. The van der Waals surface area contributed by atoms with Gasteiger partial charge in [0.1, 0.15) is 6.04 Å². The average molecular weight is 296 g/mol. The molecule has 1 unspecified atom stereocenters. The van der Waals surface area contributed by atoms with Crippen molar-refractivity contribution in [1.82, 2.24) is 25.1 Å². The summed E-state index contributed by atoms with van der Waals surface area (Å²) in [5, 5.41) is 7.52. The molecule has 0 saturated carbocycles. The van der Waals surface area contributed by atoms with E-state index in [0.29, 0.717) is 0 Å². The first-order chi connectivity index (χ1) is 8.27. The number of hydrogen-bond acceptors (Lipinski definition) is 4. The van der Waals surface area contributed by atoms with E-state index in [-0.39, 0.29) is 6.04 Å². The molecule has 0 aliphatic rings. The van der Waals surface area contributed by atoms with Crippen molar-refractivity contribution in [3.63, 3.8) is 0 Å². The molecule has 2 aromatic rings. The van der Waals surface area contributed by atoms with Crippen molar-refractivity contribution in [1.29, 1.82) is 0 Å². The van der Waals surface area contributed by atoms with Crippen molar-refractivity contribution >= 4 is 15.9 Å². The lowest BCUT2D eigenvalue weighted by atomic mass is 10.2. The Morgan fingerprint density at radius 2 is 2.12 bits per heavy atom. The fraction of sp³-hybridized carbons (Fsp3) is 0.364. The Hall–Kier alpha value is -1.27. The second kappa shape index (κ2) is 5.37. The monoisotopic (exact) mass is 295 g/mol. The van der Waals surface area contributed by atoms with Crippen molar-refractivity contribution < 1.29 is 0 Å². The molecule has 2 aromatic heterocycles. The van der Waals surface area contributed by atoms with Crippen LogP contribution in [0.4, 0.5) is 0 Å². The Morgan fingerprint density at radius 3 is 2.71 bits per heavy atom. The first kappa shape index (κ1) is 12.2. The SMILES string of the molecule is CCn1ncc(Br)c1C(NC)c1ncccn1. The van der Waals surface area contributed by atoms with E-state index in [1.165, 1.54) is 0 Å². The molecule has 0 spiro atoms. The molecule has 0 amide bonds. The van der Waals surface area contributed by atoms with Crippen LogP contribution in [-0.4, -0.2) is 26.8 Å². The van der Waals surface area contributed by atoms with Gasteiger partial charge in [0.2, 0.25) is 0 Å². The van der Waals surface area contributed by atoms with Gasteiger partial charge in [-0.3, -0.25) is 4.68 Å². The van der Waals surface area contributed by atoms with Crippen molar-refractivity contribution in [2.45, 2.75) is 19.5 Å². The molecular formula is C11H14BrN5. The van der Waals surface area contributed by atoms with E-state index in [4.69, 9.17) is 0 Å². The van der Waals surface area contributed by atoms with Gasteiger partial charge in [0.25, 0.3) is 0 Å². The highest BCUT2D eigenvalue weighted by Crippen LogP contribution is 2.26. The minimum atomic E-state index is -0.0620. The topological polar surface area (TPSA) is 55.6 Å². The van der Waals surface area contributed by atoms with Crippen molar-refractivity contribution in [2.24, 2.45) is 0 Å². The van der Waals surface area contributed by atoms with E-state index < -0.39 is 0 Å². The Balaban J connectivity index is 2.45. The highest BCUT2D eigenvalue weighted by molar-refractivity contribution is 9.10. The first-order valence-corrected chi connectivity index (χ1v) is 6.22. The van der Waals surface area contributed by atoms with Gasteiger partial charge < -0.3 is 5.32 Å². The van der Waals surface area contributed by atoms with E-state index in [9.17, 15) is 0 Å². The van der Waals surface area contributed by atoms with Crippen LogP contribution in [0.1, 0.15) is 24.5 Å². The summed E-state index contributed by atoms with van der Waals surface area (Å²) in [5.41, 5.74) is 1.04. The van der Waals surface area contributed by atoms with Crippen LogP contribution in [0.15, 0.2) is 29.1 Å². The van der Waals surface area contributed by atoms with Gasteiger partial charge in [0, 0.05) is 18.9 Å².